The van der Waals surface area contributed by atoms with Gasteiger partial charge < -0.3 is 10.2 Å². The smallest absolute Gasteiger partial charge is 0.248 e. The Morgan fingerprint density at radius 1 is 1.12 bits per heavy atom. The number of hydrogen-bond acceptors (Lipinski definition) is 5. The number of para-hydroxylation sites is 1. The zero-order chi connectivity index (χ0) is 24.0. The van der Waals surface area contributed by atoms with Gasteiger partial charge >= 0.3 is 0 Å². The van der Waals surface area contributed by atoms with E-state index in [4.69, 9.17) is 0 Å². The fraction of sp³-hybridized carbons (Fsp3) is 0.542. The van der Waals surface area contributed by atoms with Gasteiger partial charge in [0.1, 0.15) is 11.4 Å². The molecule has 1 saturated carbocycles. The van der Waals surface area contributed by atoms with Crippen molar-refractivity contribution in [2.24, 2.45) is 5.92 Å². The van der Waals surface area contributed by atoms with E-state index in [9.17, 15) is 18.0 Å². The molecule has 1 aromatic heterocycles. The van der Waals surface area contributed by atoms with E-state index in [1.165, 1.54) is 8.99 Å². The van der Waals surface area contributed by atoms with E-state index in [1.807, 2.05) is 24.3 Å². The van der Waals surface area contributed by atoms with Gasteiger partial charge in [0, 0.05) is 31.4 Å². The van der Waals surface area contributed by atoms with E-state index in [2.05, 4.69) is 10.4 Å². The Kier molecular flexibility index (Phi) is 5.97. The first-order valence-electron chi connectivity index (χ1n) is 12.0. The van der Waals surface area contributed by atoms with Gasteiger partial charge in [0.15, 0.2) is 0 Å². The van der Waals surface area contributed by atoms with E-state index in [-0.39, 0.29) is 41.8 Å². The lowest BCUT2D eigenvalue weighted by atomic mass is 9.99. The molecule has 2 aliphatic heterocycles. The number of rotatable bonds is 6. The molecule has 5 rings (SSSR count). The van der Waals surface area contributed by atoms with Crippen molar-refractivity contribution in [3.05, 3.63) is 41.2 Å². The lowest BCUT2D eigenvalue weighted by Gasteiger charge is -2.31. The maximum atomic E-state index is 13.6. The van der Waals surface area contributed by atoms with E-state index >= 15 is 0 Å². The molecule has 1 saturated heterocycles. The van der Waals surface area contributed by atoms with E-state index in [0.29, 0.717) is 37.3 Å². The number of nitrogens with one attached hydrogen (secondary N) is 1. The standard InChI is InChI=1S/C24H31N5O4S/c1-16-23(34(32,33)27-12-5-7-19(14-27)24(31)25-20-9-10-20)17(2)29(26-16)15-22(30)28-13-11-18-6-3-4-8-21(18)28/h3-4,6,8,19-20H,5,7,9-15H2,1-2H3,(H,25,31). The van der Waals surface area contributed by atoms with Crippen LogP contribution in [0.2, 0.25) is 0 Å². The van der Waals surface area contributed by atoms with Crippen molar-refractivity contribution in [3.63, 3.8) is 0 Å². The molecule has 3 heterocycles. The van der Waals surface area contributed by atoms with Gasteiger partial charge in [-0.3, -0.25) is 14.3 Å². The van der Waals surface area contributed by atoms with Crippen molar-refractivity contribution in [2.45, 2.75) is 63.4 Å². The number of aryl methyl sites for hydroxylation is 1. The first-order valence-corrected chi connectivity index (χ1v) is 13.4. The zero-order valence-electron chi connectivity index (χ0n) is 19.7. The van der Waals surface area contributed by atoms with Crippen LogP contribution >= 0.6 is 0 Å². The van der Waals surface area contributed by atoms with Crippen LogP contribution in [0, 0.1) is 19.8 Å². The molecule has 2 fully saturated rings. The van der Waals surface area contributed by atoms with Crippen LogP contribution in [0.1, 0.15) is 42.6 Å². The average molecular weight is 486 g/mol. The predicted molar refractivity (Wildman–Crippen MR) is 127 cm³/mol. The van der Waals surface area contributed by atoms with Gasteiger partial charge in [0.25, 0.3) is 0 Å². The van der Waals surface area contributed by atoms with Crippen molar-refractivity contribution in [1.82, 2.24) is 19.4 Å². The van der Waals surface area contributed by atoms with Gasteiger partial charge in [0.2, 0.25) is 21.8 Å². The second kappa shape index (κ2) is 8.81. The number of carbonyl (C=O) groups is 2. The minimum absolute atomic E-state index is 0.0249. The topological polar surface area (TPSA) is 105 Å². The third-order valence-electron chi connectivity index (χ3n) is 7.06. The van der Waals surface area contributed by atoms with E-state index in [0.717, 1.165) is 30.5 Å². The molecule has 10 heteroatoms. The Morgan fingerprint density at radius 3 is 2.65 bits per heavy atom. The number of piperidine rings is 1. The minimum atomic E-state index is -3.84. The number of nitrogens with zero attached hydrogens (tertiary/aromatic N) is 4. The summed E-state index contributed by atoms with van der Waals surface area (Å²) in [7, 11) is -3.84. The van der Waals surface area contributed by atoms with Crippen molar-refractivity contribution in [1.29, 1.82) is 0 Å². The number of anilines is 1. The summed E-state index contributed by atoms with van der Waals surface area (Å²) in [6.45, 7) is 4.49. The molecular formula is C24H31N5O4S. The van der Waals surface area contributed by atoms with Crippen LogP contribution in [0.4, 0.5) is 5.69 Å². The maximum Gasteiger partial charge on any atom is 0.248 e. The van der Waals surface area contributed by atoms with E-state index in [1.54, 1.807) is 18.7 Å². The number of fused-ring (bicyclic) bond motifs is 1. The summed E-state index contributed by atoms with van der Waals surface area (Å²) < 4.78 is 30.1. The van der Waals surface area contributed by atoms with Crippen LogP contribution < -0.4 is 10.2 Å². The lowest BCUT2D eigenvalue weighted by Crippen LogP contribution is -2.46. The predicted octanol–water partition coefficient (Wildman–Crippen LogP) is 1.77. The monoisotopic (exact) mass is 485 g/mol. The summed E-state index contributed by atoms with van der Waals surface area (Å²) >= 11 is 0. The molecule has 9 nitrogen and oxygen atoms in total. The van der Waals surface area contributed by atoms with Gasteiger partial charge in [-0.25, -0.2) is 8.42 Å². The number of carbonyl (C=O) groups excluding carboxylic acids is 2. The molecule has 0 spiro atoms. The number of hydrogen-bond donors (Lipinski definition) is 1. The molecule has 34 heavy (non-hydrogen) atoms. The first kappa shape index (κ1) is 23.0. The van der Waals surface area contributed by atoms with Crippen LogP contribution in [0.5, 0.6) is 0 Å². The molecule has 2 amide bonds. The normalized spacial score (nSPS) is 20.9. The zero-order valence-corrected chi connectivity index (χ0v) is 20.5. The summed E-state index contributed by atoms with van der Waals surface area (Å²) in [4.78, 5) is 27.5. The first-order chi connectivity index (χ1) is 16.3. The molecule has 1 N–H and O–H groups in total. The highest BCUT2D eigenvalue weighted by Crippen LogP contribution is 2.30. The largest absolute Gasteiger partial charge is 0.353 e. The van der Waals surface area contributed by atoms with Crippen molar-refractivity contribution < 1.29 is 18.0 Å². The van der Waals surface area contributed by atoms with Crippen molar-refractivity contribution in [3.8, 4) is 0 Å². The molecule has 182 valence electrons. The van der Waals surface area contributed by atoms with Crippen molar-refractivity contribution in [2.75, 3.05) is 24.5 Å². The van der Waals surface area contributed by atoms with Crippen LogP contribution in [0.25, 0.3) is 0 Å². The molecule has 2 aromatic rings. The number of amides is 2. The summed E-state index contributed by atoms with van der Waals surface area (Å²) in [5, 5.41) is 7.42. The van der Waals surface area contributed by atoms with Gasteiger partial charge in [-0.1, -0.05) is 18.2 Å². The second-order valence-corrected chi connectivity index (χ2v) is 11.4. The molecule has 1 unspecified atom stereocenters. The second-order valence-electron chi connectivity index (χ2n) is 9.57. The molecule has 1 aliphatic carbocycles. The Bertz CT molecular complexity index is 1230. The maximum absolute atomic E-state index is 13.6. The molecule has 1 atom stereocenters. The van der Waals surface area contributed by atoms with Gasteiger partial charge in [-0.15, -0.1) is 0 Å². The number of benzene rings is 1. The molecule has 0 bridgehead atoms. The fourth-order valence-electron chi connectivity index (χ4n) is 5.07. The van der Waals surface area contributed by atoms with Crippen LogP contribution in [-0.4, -0.2) is 60.0 Å². The molecule has 3 aliphatic rings. The third-order valence-corrected chi connectivity index (χ3v) is 9.18. The van der Waals surface area contributed by atoms with Gasteiger partial charge in [-0.2, -0.15) is 9.40 Å². The van der Waals surface area contributed by atoms with Crippen LogP contribution in [0.15, 0.2) is 29.2 Å². The summed E-state index contributed by atoms with van der Waals surface area (Å²) in [6, 6.07) is 8.08. The lowest BCUT2D eigenvalue weighted by molar-refractivity contribution is -0.126. The van der Waals surface area contributed by atoms with Gasteiger partial charge in [0.05, 0.1) is 17.3 Å². The number of aromatic nitrogens is 2. The highest BCUT2D eigenvalue weighted by Gasteiger charge is 2.38. The van der Waals surface area contributed by atoms with Crippen LogP contribution in [-0.2, 0) is 32.6 Å². The SMILES string of the molecule is Cc1nn(CC(=O)N2CCc3ccccc32)c(C)c1S(=O)(=O)N1CCCC(C(=O)NC2CC2)C1. The molecule has 0 radical (unpaired) electrons. The van der Waals surface area contributed by atoms with E-state index < -0.39 is 10.0 Å². The highest BCUT2D eigenvalue weighted by molar-refractivity contribution is 7.89. The quantitative estimate of drug-likeness (QED) is 0.672. The Balaban J connectivity index is 1.34. The number of sulfonamides is 1. The molecular weight excluding hydrogens is 454 g/mol. The summed E-state index contributed by atoms with van der Waals surface area (Å²) in [5.41, 5.74) is 2.86. The fourth-order valence-corrected chi connectivity index (χ4v) is 6.97. The Labute approximate surface area is 200 Å². The highest BCUT2D eigenvalue weighted by atomic mass is 32.2. The third kappa shape index (κ3) is 4.24. The minimum Gasteiger partial charge on any atom is -0.353 e. The summed E-state index contributed by atoms with van der Waals surface area (Å²) in [5.74, 6) is -0.506. The molecule has 1 aromatic carbocycles. The Morgan fingerprint density at radius 2 is 1.88 bits per heavy atom. The summed E-state index contributed by atoms with van der Waals surface area (Å²) in [6.07, 6.45) is 4.14. The van der Waals surface area contributed by atoms with Gasteiger partial charge in [-0.05, 0) is 57.6 Å². The van der Waals surface area contributed by atoms with Crippen LogP contribution in [0.3, 0.4) is 0 Å². The average Bonchev–Trinajstić information content (AvgIpc) is 3.44. The van der Waals surface area contributed by atoms with Crippen molar-refractivity contribution >= 4 is 27.5 Å². The Hall–Kier alpha value is -2.72.